The minimum atomic E-state index is 0.512. The Hall–Kier alpha value is -1.31. The molecule has 2 heterocycles. The number of ether oxygens (including phenoxy) is 1. The van der Waals surface area contributed by atoms with Gasteiger partial charge in [0, 0.05) is 26.6 Å². The van der Waals surface area contributed by atoms with E-state index in [1.165, 1.54) is 0 Å². The summed E-state index contributed by atoms with van der Waals surface area (Å²) in [5, 5.41) is 3.08. The molecular weight excluding hydrogens is 280 g/mol. The standard InChI is InChI=1S/C12H16N4OS2/c1-17-6-5-16(4-2-10(13)18)11-9-3-7-19-12(9)15-8-14-11/h3,7-8H,2,4-6H2,1H3,(H2,13,18). The minimum Gasteiger partial charge on any atom is -0.393 e. The van der Waals surface area contributed by atoms with Crippen molar-refractivity contribution in [3.63, 3.8) is 0 Å². The molecule has 2 N–H and O–H groups in total. The zero-order valence-corrected chi connectivity index (χ0v) is 12.3. The second-order valence-corrected chi connectivity index (χ2v) is 5.45. The van der Waals surface area contributed by atoms with Crippen molar-refractivity contribution in [2.45, 2.75) is 6.42 Å². The molecule has 5 nitrogen and oxygen atoms in total. The predicted molar refractivity (Wildman–Crippen MR) is 82.9 cm³/mol. The lowest BCUT2D eigenvalue weighted by Crippen LogP contribution is -2.31. The zero-order chi connectivity index (χ0) is 13.7. The van der Waals surface area contributed by atoms with Crippen LogP contribution >= 0.6 is 23.6 Å². The van der Waals surface area contributed by atoms with Crippen LogP contribution in [0.15, 0.2) is 17.8 Å². The molecule has 19 heavy (non-hydrogen) atoms. The van der Waals surface area contributed by atoms with E-state index in [-0.39, 0.29) is 0 Å². The molecule has 0 aliphatic carbocycles. The summed E-state index contributed by atoms with van der Waals surface area (Å²) < 4.78 is 5.15. The van der Waals surface area contributed by atoms with Crippen LogP contribution in [0.1, 0.15) is 6.42 Å². The summed E-state index contributed by atoms with van der Waals surface area (Å²) in [6.07, 6.45) is 2.25. The Labute approximate surface area is 121 Å². The van der Waals surface area contributed by atoms with Gasteiger partial charge in [-0.15, -0.1) is 11.3 Å². The van der Waals surface area contributed by atoms with Gasteiger partial charge in [-0.25, -0.2) is 9.97 Å². The second-order valence-electron chi connectivity index (χ2n) is 4.03. The number of nitrogens with zero attached hydrogens (tertiary/aromatic N) is 3. The van der Waals surface area contributed by atoms with Gasteiger partial charge >= 0.3 is 0 Å². The molecule has 0 aromatic carbocycles. The van der Waals surface area contributed by atoms with Crippen molar-refractivity contribution in [3.8, 4) is 0 Å². The number of anilines is 1. The maximum Gasteiger partial charge on any atom is 0.140 e. The average molecular weight is 296 g/mol. The molecule has 2 aromatic rings. The van der Waals surface area contributed by atoms with Crippen LogP contribution < -0.4 is 10.6 Å². The number of aromatic nitrogens is 2. The fourth-order valence-electron chi connectivity index (χ4n) is 1.80. The van der Waals surface area contributed by atoms with Crippen molar-refractivity contribution in [1.82, 2.24) is 9.97 Å². The highest BCUT2D eigenvalue weighted by Gasteiger charge is 2.13. The van der Waals surface area contributed by atoms with Gasteiger partial charge < -0.3 is 15.4 Å². The van der Waals surface area contributed by atoms with Crippen molar-refractivity contribution in [2.24, 2.45) is 5.73 Å². The third-order valence-electron chi connectivity index (χ3n) is 2.73. The fourth-order valence-corrected chi connectivity index (χ4v) is 2.62. The quantitative estimate of drug-likeness (QED) is 0.786. The average Bonchev–Trinajstić information content (AvgIpc) is 2.87. The van der Waals surface area contributed by atoms with Crippen LogP contribution in [0.4, 0.5) is 5.82 Å². The SMILES string of the molecule is COCCN(CCC(N)=S)c1ncnc2sccc12. The third-order valence-corrected chi connectivity index (χ3v) is 3.76. The van der Waals surface area contributed by atoms with E-state index >= 15 is 0 Å². The number of methoxy groups -OCH3 is 1. The summed E-state index contributed by atoms with van der Waals surface area (Å²) in [5.74, 6) is 0.916. The summed E-state index contributed by atoms with van der Waals surface area (Å²) in [6.45, 7) is 2.12. The van der Waals surface area contributed by atoms with Gasteiger partial charge in [0.1, 0.15) is 17.0 Å². The molecular formula is C12H16N4OS2. The van der Waals surface area contributed by atoms with Crippen molar-refractivity contribution < 1.29 is 4.74 Å². The Bertz CT molecular complexity index is 557. The van der Waals surface area contributed by atoms with Gasteiger partial charge in [-0.2, -0.15) is 0 Å². The lowest BCUT2D eigenvalue weighted by Gasteiger charge is -2.23. The minimum absolute atomic E-state index is 0.512. The van der Waals surface area contributed by atoms with Crippen LogP contribution in [-0.2, 0) is 4.74 Å². The summed E-state index contributed by atoms with van der Waals surface area (Å²) in [5.41, 5.74) is 5.58. The molecule has 2 aromatic heterocycles. The van der Waals surface area contributed by atoms with E-state index in [0.717, 1.165) is 29.1 Å². The smallest absolute Gasteiger partial charge is 0.140 e. The number of thiocarbonyl (C=S) groups is 1. The van der Waals surface area contributed by atoms with Gasteiger partial charge in [-0.05, 0) is 11.4 Å². The summed E-state index contributed by atoms with van der Waals surface area (Å²) in [7, 11) is 1.69. The van der Waals surface area contributed by atoms with E-state index < -0.39 is 0 Å². The Balaban J connectivity index is 2.25. The Morgan fingerprint density at radius 2 is 2.32 bits per heavy atom. The normalized spacial score (nSPS) is 10.8. The maximum atomic E-state index is 5.58. The van der Waals surface area contributed by atoms with E-state index in [9.17, 15) is 0 Å². The number of thiophene rings is 1. The van der Waals surface area contributed by atoms with Gasteiger partial charge in [0.2, 0.25) is 0 Å². The molecule has 7 heteroatoms. The lowest BCUT2D eigenvalue weighted by molar-refractivity contribution is 0.205. The molecule has 0 radical (unpaired) electrons. The number of hydrogen-bond acceptors (Lipinski definition) is 6. The van der Waals surface area contributed by atoms with Gasteiger partial charge in [0.25, 0.3) is 0 Å². The molecule has 2 rings (SSSR count). The molecule has 0 aliphatic heterocycles. The van der Waals surface area contributed by atoms with Gasteiger partial charge in [-0.3, -0.25) is 0 Å². The highest BCUT2D eigenvalue weighted by molar-refractivity contribution is 7.80. The topological polar surface area (TPSA) is 64.3 Å². The highest BCUT2D eigenvalue weighted by atomic mass is 32.1. The van der Waals surface area contributed by atoms with Gasteiger partial charge in [-0.1, -0.05) is 12.2 Å². The molecule has 0 aliphatic rings. The Morgan fingerprint density at radius 1 is 1.47 bits per heavy atom. The number of nitrogens with two attached hydrogens (primary N) is 1. The van der Waals surface area contributed by atoms with Crippen molar-refractivity contribution in [3.05, 3.63) is 17.8 Å². The first-order chi connectivity index (χ1) is 9.22. The molecule has 0 atom stereocenters. The van der Waals surface area contributed by atoms with Crippen molar-refractivity contribution in [2.75, 3.05) is 31.7 Å². The predicted octanol–water partition coefficient (Wildman–Crippen LogP) is 1.82. The molecule has 0 unspecified atom stereocenters. The molecule has 0 saturated heterocycles. The molecule has 0 fully saturated rings. The monoisotopic (exact) mass is 296 g/mol. The van der Waals surface area contributed by atoms with E-state index in [1.807, 2.05) is 11.4 Å². The number of fused-ring (bicyclic) bond motifs is 1. The molecule has 0 amide bonds. The van der Waals surface area contributed by atoms with Crippen molar-refractivity contribution >= 4 is 44.6 Å². The molecule has 0 bridgehead atoms. The first-order valence-electron chi connectivity index (χ1n) is 5.92. The number of hydrogen-bond donors (Lipinski definition) is 1. The Morgan fingerprint density at radius 3 is 3.05 bits per heavy atom. The first-order valence-corrected chi connectivity index (χ1v) is 7.21. The highest BCUT2D eigenvalue weighted by Crippen LogP contribution is 2.26. The van der Waals surface area contributed by atoms with Crippen LogP contribution in [0.25, 0.3) is 10.2 Å². The van der Waals surface area contributed by atoms with Crippen LogP contribution in [0.3, 0.4) is 0 Å². The number of rotatable bonds is 7. The van der Waals surface area contributed by atoms with Gasteiger partial charge in [0.15, 0.2) is 0 Å². The van der Waals surface area contributed by atoms with Crippen LogP contribution in [-0.4, -0.2) is 41.8 Å². The van der Waals surface area contributed by atoms with Crippen molar-refractivity contribution in [1.29, 1.82) is 0 Å². The van der Waals surface area contributed by atoms with Gasteiger partial charge in [0.05, 0.1) is 17.0 Å². The summed E-state index contributed by atoms with van der Waals surface area (Å²) >= 11 is 6.55. The van der Waals surface area contributed by atoms with E-state index in [1.54, 1.807) is 24.8 Å². The summed E-state index contributed by atoms with van der Waals surface area (Å²) in [4.78, 5) is 12.3. The van der Waals surface area contributed by atoms with E-state index in [2.05, 4.69) is 14.9 Å². The van der Waals surface area contributed by atoms with E-state index in [0.29, 0.717) is 18.0 Å². The third kappa shape index (κ3) is 3.59. The zero-order valence-electron chi connectivity index (χ0n) is 10.7. The van der Waals surface area contributed by atoms with Crippen LogP contribution in [0, 0.1) is 0 Å². The summed E-state index contributed by atoms with van der Waals surface area (Å²) in [6, 6.07) is 2.04. The Kier molecular flexibility index (Phi) is 5.00. The van der Waals surface area contributed by atoms with E-state index in [4.69, 9.17) is 22.7 Å². The van der Waals surface area contributed by atoms with Crippen LogP contribution in [0.2, 0.25) is 0 Å². The molecule has 0 saturated carbocycles. The molecule has 102 valence electrons. The molecule has 0 spiro atoms. The first kappa shape index (κ1) is 14.1. The fraction of sp³-hybridized carbons (Fsp3) is 0.417. The maximum absolute atomic E-state index is 5.58. The van der Waals surface area contributed by atoms with Crippen LogP contribution in [0.5, 0.6) is 0 Å². The largest absolute Gasteiger partial charge is 0.393 e. The second kappa shape index (κ2) is 6.74. The lowest BCUT2D eigenvalue weighted by atomic mass is 10.3.